The SMILES string of the molecule is COc1cccc2[nH]c(C(=O)N3CC4(CCCC4)C[C@H]3C(=O)N[C@@H](C[C@@H]3CCCC3=O)C(N)=O)cc12.COc1cccc2[nH]c(C(=O)N3CC4(CCCC4)C[C@H]3C(=O)N[C@H](C#N)C[C@@H]3CCCC3=O)cc12.COc1cccc2[nH]c(C(=O)N3CC4(CCCC4)C[C@H]3C(=O)N[C@H](C#N)C[C@@H]3CCCC3=O)cc12. The van der Waals surface area contributed by atoms with E-state index in [1.807, 2.05) is 54.6 Å². The highest BCUT2D eigenvalue weighted by molar-refractivity contribution is 6.05. The van der Waals surface area contributed by atoms with Crippen LogP contribution in [0.15, 0.2) is 72.8 Å². The lowest BCUT2D eigenvalue weighted by Crippen LogP contribution is -2.53. The average molecular weight is 1450 g/mol. The minimum atomic E-state index is -0.932. The van der Waals surface area contributed by atoms with E-state index < -0.39 is 42.2 Å². The van der Waals surface area contributed by atoms with Crippen molar-refractivity contribution in [3.8, 4) is 29.4 Å². The number of ether oxygens (including phenoxy) is 3. The first-order chi connectivity index (χ1) is 51.2. The molecule has 0 radical (unpaired) electrons. The molecule has 9 fully saturated rings. The van der Waals surface area contributed by atoms with Crippen molar-refractivity contribution < 1.29 is 62.2 Å². The molecule has 3 aliphatic heterocycles. The van der Waals surface area contributed by atoms with E-state index in [2.05, 4.69) is 43.0 Å². The molecule has 9 aliphatic rings. The van der Waals surface area contributed by atoms with E-state index in [0.717, 1.165) is 142 Å². The van der Waals surface area contributed by atoms with Crippen LogP contribution < -0.4 is 35.9 Å². The van der Waals surface area contributed by atoms with Crippen LogP contribution in [0.1, 0.15) is 205 Å². The van der Waals surface area contributed by atoms with Crippen LogP contribution in [-0.2, 0) is 33.6 Å². The topological polar surface area (TPSA) is 365 Å². The molecule has 6 aliphatic carbocycles. The number of aromatic amines is 3. The third-order valence-corrected chi connectivity index (χ3v) is 24.9. The average Bonchev–Trinajstić information content (AvgIpc) is 1.62. The summed E-state index contributed by atoms with van der Waals surface area (Å²) in [6, 6.07) is 22.1. The van der Waals surface area contributed by atoms with E-state index in [0.29, 0.717) is 112 Å². The Balaban J connectivity index is 0.000000141. The third-order valence-electron chi connectivity index (χ3n) is 24.9. The number of nitrogens with two attached hydrogens (primary N) is 1. The van der Waals surface area contributed by atoms with Gasteiger partial charge in [-0.2, -0.15) is 10.5 Å². The lowest BCUT2D eigenvalue weighted by Gasteiger charge is -2.26. The number of methoxy groups -OCH3 is 3. The molecular formula is C81H98N12O13. The van der Waals surface area contributed by atoms with Crippen molar-refractivity contribution in [3.05, 3.63) is 89.9 Å². The number of amides is 7. The molecule has 25 heteroatoms. The number of fused-ring (bicyclic) bond motifs is 3. The van der Waals surface area contributed by atoms with Gasteiger partial charge in [-0.05, 0) is 186 Å². The molecule has 106 heavy (non-hydrogen) atoms. The van der Waals surface area contributed by atoms with Crippen molar-refractivity contribution in [3.63, 3.8) is 0 Å². The maximum Gasteiger partial charge on any atom is 0.271 e. The Bertz CT molecular complexity index is 4280. The van der Waals surface area contributed by atoms with Crippen LogP contribution >= 0.6 is 0 Å². The van der Waals surface area contributed by atoms with Gasteiger partial charge in [0.25, 0.3) is 17.7 Å². The minimum absolute atomic E-state index is 0.0507. The number of primary amides is 1. The van der Waals surface area contributed by atoms with Gasteiger partial charge in [-0.1, -0.05) is 56.7 Å². The molecule has 7 amide bonds. The number of aromatic nitrogens is 3. The zero-order valence-corrected chi connectivity index (χ0v) is 61.0. The second kappa shape index (κ2) is 31.6. The number of H-pyrrole nitrogens is 3. The Labute approximate surface area is 616 Å². The molecule has 8 N–H and O–H groups in total. The van der Waals surface area contributed by atoms with Crippen LogP contribution in [0.2, 0.25) is 0 Å². The van der Waals surface area contributed by atoms with E-state index in [1.165, 1.54) is 0 Å². The number of ketones is 3. The number of hydrogen-bond donors (Lipinski definition) is 7. The number of Topliss-reactive ketones (excluding diaryl/α,β-unsaturated/α-hetero) is 3. The Hall–Kier alpha value is -10.0. The molecule has 560 valence electrons. The van der Waals surface area contributed by atoms with Gasteiger partial charge in [-0.3, -0.25) is 47.9 Å². The first-order valence-electron chi connectivity index (χ1n) is 38.1. The predicted molar refractivity (Wildman–Crippen MR) is 393 cm³/mol. The fraction of sp³-hybridized carbons (Fsp3) is 0.556. The highest BCUT2D eigenvalue weighted by atomic mass is 16.5. The Kier molecular flexibility index (Phi) is 22.1. The van der Waals surface area contributed by atoms with Crippen LogP contribution in [0, 0.1) is 56.7 Å². The van der Waals surface area contributed by atoms with Crippen LogP contribution in [-0.4, -0.2) is 166 Å². The van der Waals surface area contributed by atoms with Gasteiger partial charge >= 0.3 is 0 Å². The van der Waals surface area contributed by atoms with E-state index in [9.17, 15) is 58.5 Å². The summed E-state index contributed by atoms with van der Waals surface area (Å²) in [6.45, 7) is 1.57. The standard InChI is InChI=1S/C27H34N4O5.2C27H32N4O4/c1-36-23-9-5-7-18-17(23)13-20(29-18)26(35)31-15-27(10-2-3-11-27)14-21(31)25(34)30-19(24(28)33)12-16-6-4-8-22(16)32;2*1-35-24-9-5-7-20-19(24)13-21(30-20)26(34)31-16-27(10-2-3-11-27)14-22(31)25(33)29-18(15-28)12-17-6-4-8-23(17)32/h5,7,9,13,16,19,21,29H,2-4,6,8,10-12,14-15H2,1H3,(H2,28,33)(H,30,34);2*5,7,9,13,17-18,22,30H,2-4,6,8,10-12,14,16H2,1H3,(H,29,33)/t16-,19-,21-;2*17-,18-,22-/m000/s1. The number of carbonyl (C=O) groups is 10. The fourth-order valence-corrected chi connectivity index (χ4v) is 19.3. The molecule has 6 saturated carbocycles. The maximum absolute atomic E-state index is 13.8. The number of nitriles is 2. The number of hydrogen-bond acceptors (Lipinski definition) is 15. The van der Waals surface area contributed by atoms with Gasteiger partial charge < -0.3 is 65.5 Å². The van der Waals surface area contributed by atoms with Crippen LogP contribution in [0.3, 0.4) is 0 Å². The van der Waals surface area contributed by atoms with E-state index in [-0.39, 0.29) is 93.2 Å². The van der Waals surface area contributed by atoms with Gasteiger partial charge in [0.2, 0.25) is 23.6 Å². The van der Waals surface area contributed by atoms with Gasteiger partial charge in [-0.15, -0.1) is 0 Å². The van der Waals surface area contributed by atoms with E-state index in [1.54, 1.807) is 54.2 Å². The lowest BCUT2D eigenvalue weighted by molar-refractivity contribution is -0.130. The molecule has 3 saturated heterocycles. The molecule has 9 atom stereocenters. The molecule has 0 bridgehead atoms. The molecule has 15 rings (SSSR count). The number of likely N-dealkylation sites (tertiary alicyclic amines) is 3. The predicted octanol–water partition coefficient (Wildman–Crippen LogP) is 10.1. The van der Waals surface area contributed by atoms with Crippen molar-refractivity contribution in [1.82, 2.24) is 45.6 Å². The van der Waals surface area contributed by atoms with Crippen LogP contribution in [0.4, 0.5) is 0 Å². The highest BCUT2D eigenvalue weighted by Crippen LogP contribution is 2.51. The summed E-state index contributed by atoms with van der Waals surface area (Å²) >= 11 is 0. The summed E-state index contributed by atoms with van der Waals surface area (Å²) in [7, 11) is 4.78. The summed E-state index contributed by atoms with van der Waals surface area (Å²) in [5, 5.41) is 30.3. The Morgan fingerprint density at radius 3 is 1.05 bits per heavy atom. The van der Waals surface area contributed by atoms with Crippen molar-refractivity contribution >= 4 is 91.4 Å². The number of nitrogens with one attached hydrogen (secondary N) is 6. The largest absolute Gasteiger partial charge is 0.496 e. The van der Waals surface area contributed by atoms with Gasteiger partial charge in [0, 0.05) is 89.4 Å². The third kappa shape index (κ3) is 15.5. The zero-order chi connectivity index (χ0) is 74.6. The molecule has 25 nitrogen and oxygen atoms in total. The molecule has 6 heterocycles. The van der Waals surface area contributed by atoms with Gasteiger partial charge in [-0.25, -0.2) is 0 Å². The summed E-state index contributed by atoms with van der Waals surface area (Å²) < 4.78 is 16.3. The second-order valence-electron chi connectivity index (χ2n) is 31.6. The molecule has 3 spiro atoms. The van der Waals surface area contributed by atoms with Gasteiger partial charge in [0.05, 0.1) is 33.5 Å². The monoisotopic (exact) mass is 1450 g/mol. The summed E-state index contributed by atoms with van der Waals surface area (Å²) in [5.74, 6) is -0.404. The van der Waals surface area contributed by atoms with E-state index >= 15 is 0 Å². The van der Waals surface area contributed by atoms with Crippen molar-refractivity contribution in [2.45, 2.75) is 210 Å². The smallest absolute Gasteiger partial charge is 0.271 e. The molecule has 0 unspecified atom stereocenters. The van der Waals surface area contributed by atoms with Crippen LogP contribution in [0.5, 0.6) is 17.2 Å². The molecule has 3 aromatic heterocycles. The quantitative estimate of drug-likeness (QED) is 0.0396. The molecule has 6 aromatic rings. The van der Waals surface area contributed by atoms with E-state index in [4.69, 9.17) is 19.9 Å². The van der Waals surface area contributed by atoms with Crippen molar-refractivity contribution in [2.75, 3.05) is 41.0 Å². The number of carbonyl (C=O) groups excluding carboxylic acids is 10. The summed E-state index contributed by atoms with van der Waals surface area (Å²) in [6.07, 6.45) is 21.5. The minimum Gasteiger partial charge on any atom is -0.496 e. The Morgan fingerprint density at radius 2 is 0.774 bits per heavy atom. The van der Waals surface area contributed by atoms with Gasteiger partial charge in [0.1, 0.15) is 87.9 Å². The molecular weight excluding hydrogens is 1350 g/mol. The van der Waals surface area contributed by atoms with Crippen molar-refractivity contribution in [2.24, 2.45) is 39.7 Å². The highest BCUT2D eigenvalue weighted by Gasteiger charge is 2.54. The number of nitrogens with zero attached hydrogens (tertiary/aromatic N) is 5. The first-order valence-corrected chi connectivity index (χ1v) is 38.1. The maximum atomic E-state index is 13.8. The van der Waals surface area contributed by atoms with Crippen LogP contribution in [0.25, 0.3) is 32.7 Å². The molecule has 3 aromatic carbocycles. The normalized spacial score (nSPS) is 24.0. The summed E-state index contributed by atoms with van der Waals surface area (Å²) in [4.78, 5) is 145. The van der Waals surface area contributed by atoms with Gasteiger partial charge in [0.15, 0.2) is 0 Å². The lowest BCUT2D eigenvalue weighted by atomic mass is 9.83. The second-order valence-corrected chi connectivity index (χ2v) is 31.6. The zero-order valence-electron chi connectivity index (χ0n) is 61.0. The number of rotatable bonds is 19. The fourth-order valence-electron chi connectivity index (χ4n) is 19.3. The van der Waals surface area contributed by atoms with Crippen molar-refractivity contribution in [1.29, 1.82) is 10.5 Å². The summed E-state index contributed by atoms with van der Waals surface area (Å²) in [5.41, 5.74) is 9.04. The Morgan fingerprint density at radius 1 is 0.472 bits per heavy atom. The first kappa shape index (κ1) is 74.2. The number of benzene rings is 3.